The minimum Gasteiger partial charge on any atom is -0.508 e. The van der Waals surface area contributed by atoms with Gasteiger partial charge < -0.3 is 9.84 Å². The highest BCUT2D eigenvalue weighted by atomic mass is 16.5. The van der Waals surface area contributed by atoms with Crippen molar-refractivity contribution in [3.05, 3.63) is 95.1 Å². The molecule has 35 heavy (non-hydrogen) atoms. The Kier molecular flexibility index (Phi) is 5.36. The van der Waals surface area contributed by atoms with Crippen molar-refractivity contribution in [2.75, 3.05) is 7.11 Å². The molecule has 3 aromatic carbocycles. The Hall–Kier alpha value is -3.93. The Balaban J connectivity index is 1.39. The summed E-state index contributed by atoms with van der Waals surface area (Å²) in [6, 6.07) is 22.6. The van der Waals surface area contributed by atoms with Crippen LogP contribution in [0.25, 0.3) is 0 Å². The fourth-order valence-corrected chi connectivity index (χ4v) is 5.47. The predicted octanol–water partition coefficient (Wildman–Crippen LogP) is 3.98. The van der Waals surface area contributed by atoms with Gasteiger partial charge in [0.15, 0.2) is 0 Å². The lowest BCUT2D eigenvalue weighted by Gasteiger charge is -2.40. The number of amides is 1. The number of hydrogen-bond donors (Lipinski definition) is 1. The lowest BCUT2D eigenvalue weighted by Crippen LogP contribution is -2.56. The van der Waals surface area contributed by atoms with E-state index in [1.165, 1.54) is 11.1 Å². The lowest BCUT2D eigenvalue weighted by molar-refractivity contribution is -0.128. The molecule has 2 heterocycles. The van der Waals surface area contributed by atoms with Crippen LogP contribution in [0.3, 0.4) is 0 Å². The molecule has 1 N–H and O–H groups in total. The maximum absolute atomic E-state index is 13.8. The third-order valence-electron chi connectivity index (χ3n) is 7.19. The first kappa shape index (κ1) is 21.6. The number of benzene rings is 3. The van der Waals surface area contributed by atoms with Gasteiger partial charge in [0.25, 0.3) is 5.91 Å². The molecule has 0 bridgehead atoms. The summed E-state index contributed by atoms with van der Waals surface area (Å²) in [5.74, 6) is 1.88. The molecule has 6 nitrogen and oxygen atoms in total. The van der Waals surface area contributed by atoms with Gasteiger partial charge >= 0.3 is 0 Å². The zero-order chi connectivity index (χ0) is 23.9. The van der Waals surface area contributed by atoms with Crippen LogP contribution >= 0.6 is 0 Å². The van der Waals surface area contributed by atoms with Gasteiger partial charge in [0.2, 0.25) is 0 Å². The van der Waals surface area contributed by atoms with E-state index in [0.717, 1.165) is 41.3 Å². The first-order chi connectivity index (χ1) is 17.1. The van der Waals surface area contributed by atoms with Gasteiger partial charge in [-0.25, -0.2) is 0 Å². The fraction of sp³-hybridized carbons (Fsp3) is 0.276. The number of rotatable bonds is 5. The van der Waals surface area contributed by atoms with Gasteiger partial charge in [-0.15, -0.1) is 0 Å². The van der Waals surface area contributed by atoms with Crippen molar-refractivity contribution < 1.29 is 14.6 Å². The zero-order valence-electron chi connectivity index (χ0n) is 19.6. The third kappa shape index (κ3) is 3.89. The summed E-state index contributed by atoms with van der Waals surface area (Å²) in [6.45, 7) is 0. The molecule has 3 aliphatic rings. The molecular weight excluding hydrogens is 438 g/mol. The van der Waals surface area contributed by atoms with Gasteiger partial charge in [-0.1, -0.05) is 42.5 Å². The van der Waals surface area contributed by atoms with E-state index in [-0.39, 0.29) is 23.7 Å². The molecule has 0 radical (unpaired) electrons. The van der Waals surface area contributed by atoms with Gasteiger partial charge in [0.1, 0.15) is 29.4 Å². The molecule has 0 spiro atoms. The van der Waals surface area contributed by atoms with Crippen molar-refractivity contribution in [1.29, 1.82) is 0 Å². The van der Waals surface area contributed by atoms with E-state index in [0.29, 0.717) is 12.8 Å². The van der Waals surface area contributed by atoms with Crippen LogP contribution in [0.5, 0.6) is 11.5 Å². The molecule has 176 valence electrons. The highest BCUT2D eigenvalue weighted by molar-refractivity contribution is 6.18. The molecule has 6 heteroatoms. The second-order valence-corrected chi connectivity index (χ2v) is 9.38. The Morgan fingerprint density at radius 3 is 2.46 bits per heavy atom. The molecule has 6 rings (SSSR count). The highest BCUT2D eigenvalue weighted by Gasteiger charge is 2.47. The molecule has 0 saturated heterocycles. The summed E-state index contributed by atoms with van der Waals surface area (Å²) in [7, 11) is 1.68. The number of phenols is 1. The molecule has 1 aliphatic carbocycles. The second kappa shape index (κ2) is 8.69. The number of hydrogen-bond acceptors (Lipinski definition) is 5. The van der Waals surface area contributed by atoms with Crippen molar-refractivity contribution in [3.63, 3.8) is 0 Å². The quantitative estimate of drug-likeness (QED) is 0.619. The van der Waals surface area contributed by atoms with Crippen LogP contribution in [0, 0.1) is 0 Å². The molecule has 0 fully saturated rings. The Labute approximate surface area is 204 Å². The summed E-state index contributed by atoms with van der Waals surface area (Å²) in [4.78, 5) is 25.9. The molecule has 3 aromatic rings. The Morgan fingerprint density at radius 1 is 0.943 bits per heavy atom. The summed E-state index contributed by atoms with van der Waals surface area (Å²) in [6.07, 6.45) is 2.87. The molecule has 2 aliphatic heterocycles. The maximum Gasteiger partial charge on any atom is 0.253 e. The van der Waals surface area contributed by atoms with Crippen molar-refractivity contribution in [3.8, 4) is 11.5 Å². The van der Waals surface area contributed by atoms with Crippen LogP contribution in [0.1, 0.15) is 28.7 Å². The second-order valence-electron chi connectivity index (χ2n) is 9.38. The van der Waals surface area contributed by atoms with E-state index in [1.807, 2.05) is 41.3 Å². The van der Waals surface area contributed by atoms with Gasteiger partial charge in [-0.3, -0.25) is 19.7 Å². The number of nitrogens with zero attached hydrogens (tertiary/aromatic N) is 3. The average Bonchev–Trinajstić information content (AvgIpc) is 3.22. The first-order valence-corrected chi connectivity index (χ1v) is 12.1. The van der Waals surface area contributed by atoms with Crippen molar-refractivity contribution in [2.45, 2.75) is 43.8 Å². The predicted molar refractivity (Wildman–Crippen MR) is 135 cm³/mol. The normalized spacial score (nSPS) is 22.6. The monoisotopic (exact) mass is 465 g/mol. The molecule has 1 amide bonds. The van der Waals surface area contributed by atoms with Crippen molar-refractivity contribution in [1.82, 2.24) is 4.90 Å². The van der Waals surface area contributed by atoms with Gasteiger partial charge in [0.05, 0.1) is 18.9 Å². The van der Waals surface area contributed by atoms with Crippen LogP contribution in [0.15, 0.2) is 82.8 Å². The van der Waals surface area contributed by atoms with E-state index in [9.17, 15) is 9.90 Å². The third-order valence-corrected chi connectivity index (χ3v) is 7.19. The summed E-state index contributed by atoms with van der Waals surface area (Å²) in [5, 5.41) is 9.63. The van der Waals surface area contributed by atoms with E-state index in [4.69, 9.17) is 14.7 Å². The summed E-state index contributed by atoms with van der Waals surface area (Å²) >= 11 is 0. The number of aryl methyl sites for hydroxylation is 1. The van der Waals surface area contributed by atoms with Crippen molar-refractivity contribution in [2.24, 2.45) is 9.98 Å². The largest absolute Gasteiger partial charge is 0.508 e. The van der Waals surface area contributed by atoms with E-state index in [2.05, 4.69) is 24.3 Å². The number of aromatic hydroxyl groups is 1. The van der Waals surface area contributed by atoms with Gasteiger partial charge in [0, 0.05) is 18.4 Å². The Morgan fingerprint density at radius 2 is 1.69 bits per heavy atom. The number of carbonyl (C=O) groups is 1. The molecular formula is C29H27N3O3. The SMILES string of the molecule is COc1ccc2c(c1)CCC1C2=NC(Cc2ccccc2)C2=NC(Cc3ccc(O)cc3)C(=O)N21. The number of fused-ring (bicyclic) bond motifs is 5. The van der Waals surface area contributed by atoms with Gasteiger partial charge in [-0.2, -0.15) is 0 Å². The van der Waals surface area contributed by atoms with Crippen LogP contribution in [-0.2, 0) is 24.1 Å². The average molecular weight is 466 g/mol. The minimum absolute atomic E-state index is 0.0421. The fourth-order valence-electron chi connectivity index (χ4n) is 5.47. The lowest BCUT2D eigenvalue weighted by atomic mass is 9.83. The maximum atomic E-state index is 13.8. The number of phenolic OH excluding ortho intramolecular Hbond substituents is 1. The van der Waals surface area contributed by atoms with Crippen LogP contribution in [-0.4, -0.2) is 52.7 Å². The molecule has 3 atom stereocenters. The number of amidine groups is 1. The number of aliphatic imine (C=N–C) groups is 2. The molecule has 3 unspecified atom stereocenters. The zero-order valence-corrected chi connectivity index (χ0v) is 19.6. The van der Waals surface area contributed by atoms with Gasteiger partial charge in [-0.05, 0) is 59.9 Å². The number of methoxy groups -OCH3 is 1. The smallest absolute Gasteiger partial charge is 0.253 e. The topological polar surface area (TPSA) is 74.5 Å². The minimum atomic E-state index is -0.473. The van der Waals surface area contributed by atoms with E-state index >= 15 is 0 Å². The van der Waals surface area contributed by atoms with Crippen LogP contribution in [0.2, 0.25) is 0 Å². The highest BCUT2D eigenvalue weighted by Crippen LogP contribution is 2.35. The summed E-state index contributed by atoms with van der Waals surface area (Å²) < 4.78 is 5.44. The van der Waals surface area contributed by atoms with E-state index < -0.39 is 6.04 Å². The molecule has 0 saturated carbocycles. The van der Waals surface area contributed by atoms with Crippen molar-refractivity contribution >= 4 is 17.5 Å². The van der Waals surface area contributed by atoms with Crippen LogP contribution in [0.4, 0.5) is 0 Å². The van der Waals surface area contributed by atoms with E-state index in [1.54, 1.807) is 19.2 Å². The first-order valence-electron chi connectivity index (χ1n) is 12.1. The number of ether oxygens (including phenoxy) is 1. The standard InChI is InChI=1S/C29H27N3O3/c1-35-22-12-13-23-20(17-22)9-14-26-27(23)30-24(15-18-5-3-2-4-6-18)28-31-25(29(34)32(26)28)16-19-7-10-21(33)11-8-19/h2-8,10-13,17,24-26,33H,9,14-16H2,1H3. The molecule has 0 aromatic heterocycles. The van der Waals surface area contributed by atoms with Crippen LogP contribution < -0.4 is 4.74 Å². The Bertz CT molecular complexity index is 1330. The summed E-state index contributed by atoms with van der Waals surface area (Å²) in [5.41, 5.74) is 5.45. The number of carbonyl (C=O) groups excluding carboxylic acids is 1.